The maximum absolute atomic E-state index is 4.25. The van der Waals surface area contributed by atoms with Crippen molar-refractivity contribution in [2.75, 3.05) is 0 Å². The van der Waals surface area contributed by atoms with E-state index >= 15 is 0 Å². The highest BCUT2D eigenvalue weighted by Crippen LogP contribution is 2.62. The lowest BCUT2D eigenvalue weighted by Gasteiger charge is -2.63. The van der Waals surface area contributed by atoms with E-state index in [-0.39, 0.29) is 0 Å². The van der Waals surface area contributed by atoms with Crippen LogP contribution in [-0.4, -0.2) is 20.4 Å². The van der Waals surface area contributed by atoms with Gasteiger partial charge >= 0.3 is 0 Å². The van der Waals surface area contributed by atoms with Crippen molar-refractivity contribution >= 4 is 8.80 Å². The zero-order valence-electron chi connectivity index (χ0n) is 14.2. The van der Waals surface area contributed by atoms with Crippen LogP contribution >= 0.6 is 0 Å². The fourth-order valence-electron chi connectivity index (χ4n) is 6.81. The molecular weight excluding hydrogens is 270 g/mol. The van der Waals surface area contributed by atoms with Crippen LogP contribution in [0.1, 0.15) is 46.0 Å². The molecule has 4 fully saturated rings. The third-order valence-corrected chi connectivity index (χ3v) is 9.68. The van der Waals surface area contributed by atoms with Crippen LogP contribution in [0.5, 0.6) is 0 Å². The van der Waals surface area contributed by atoms with Gasteiger partial charge in [0, 0.05) is 20.4 Å². The van der Waals surface area contributed by atoms with E-state index in [1.54, 1.807) is 19.3 Å². The van der Waals surface area contributed by atoms with Gasteiger partial charge in [-0.05, 0) is 69.2 Å². The summed E-state index contributed by atoms with van der Waals surface area (Å²) in [7, 11) is -0.610. The van der Waals surface area contributed by atoms with Crippen molar-refractivity contribution in [1.29, 1.82) is 0 Å². The van der Waals surface area contributed by atoms with Crippen molar-refractivity contribution in [2.45, 2.75) is 76.2 Å². The van der Waals surface area contributed by atoms with Crippen molar-refractivity contribution in [2.24, 2.45) is 17.8 Å². The van der Waals surface area contributed by atoms with E-state index < -0.39 is 8.80 Å². The summed E-state index contributed by atoms with van der Waals surface area (Å²) in [6, 6.07) is 0.538. The standard InChI is InChI=1S/C19H31NSi/c1-12-5-6-13(2)17(12)20-19-10-14-7-15(11-19)9-16(8-14)18(19)21(3)4/h5-6,14-18,20-21H,7-11H2,1-4H3. The van der Waals surface area contributed by atoms with Crippen LogP contribution in [-0.2, 0) is 0 Å². The molecule has 5 aliphatic rings. The summed E-state index contributed by atoms with van der Waals surface area (Å²) in [6.45, 7) is 9.84. The fraction of sp³-hybridized carbons (Fsp3) is 0.789. The summed E-state index contributed by atoms with van der Waals surface area (Å²) in [5.41, 5.74) is 4.60. The third-order valence-electron chi connectivity index (χ3n) is 7.06. The van der Waals surface area contributed by atoms with E-state index in [4.69, 9.17) is 0 Å². The summed E-state index contributed by atoms with van der Waals surface area (Å²) < 4.78 is 0. The molecule has 0 amide bonds. The molecule has 4 bridgehead atoms. The van der Waals surface area contributed by atoms with Crippen molar-refractivity contribution < 1.29 is 0 Å². The van der Waals surface area contributed by atoms with E-state index in [2.05, 4.69) is 44.4 Å². The third kappa shape index (κ3) is 2.13. The Morgan fingerprint density at radius 1 is 1.00 bits per heavy atom. The summed E-state index contributed by atoms with van der Waals surface area (Å²) in [5, 5.41) is 4.25. The second-order valence-corrected chi connectivity index (χ2v) is 12.1. The molecule has 0 aromatic carbocycles. The SMILES string of the molecule is CC1=CC=C(C)C1NC12CC3CC(CC(C3)C1[SiH](C)C)C2. The molecule has 21 heavy (non-hydrogen) atoms. The normalized spacial score (nSPS) is 45.4. The van der Waals surface area contributed by atoms with Gasteiger partial charge in [-0.25, -0.2) is 0 Å². The Morgan fingerprint density at radius 3 is 2.10 bits per heavy atom. The Kier molecular flexibility index (Phi) is 3.28. The molecule has 116 valence electrons. The predicted molar refractivity (Wildman–Crippen MR) is 93.4 cm³/mol. The number of rotatable bonds is 3. The van der Waals surface area contributed by atoms with Crippen LogP contribution in [0.4, 0.5) is 0 Å². The Bertz CT molecular complexity index is 472. The van der Waals surface area contributed by atoms with Crippen molar-refractivity contribution in [3.8, 4) is 0 Å². The second kappa shape index (κ2) is 4.83. The van der Waals surface area contributed by atoms with Crippen LogP contribution < -0.4 is 5.32 Å². The van der Waals surface area contributed by atoms with Gasteiger partial charge in [0.05, 0.1) is 0 Å². The van der Waals surface area contributed by atoms with E-state index in [9.17, 15) is 0 Å². The van der Waals surface area contributed by atoms with Crippen LogP contribution in [0.25, 0.3) is 0 Å². The van der Waals surface area contributed by atoms with Gasteiger partial charge in [-0.3, -0.25) is 0 Å². The molecule has 0 radical (unpaired) electrons. The van der Waals surface area contributed by atoms with Gasteiger partial charge < -0.3 is 5.32 Å². The molecular formula is C19H31NSi. The molecule has 5 aliphatic carbocycles. The summed E-state index contributed by atoms with van der Waals surface area (Å²) in [4.78, 5) is 0. The first-order valence-corrected chi connectivity index (χ1v) is 12.1. The molecule has 0 aliphatic heterocycles. The van der Waals surface area contributed by atoms with Gasteiger partial charge in [0.15, 0.2) is 0 Å². The summed E-state index contributed by atoms with van der Waals surface area (Å²) in [5.74, 6) is 3.13. The van der Waals surface area contributed by atoms with E-state index in [1.165, 1.54) is 24.0 Å². The minimum Gasteiger partial charge on any atom is -0.301 e. The number of hydrogen-bond donors (Lipinski definition) is 1. The fourth-order valence-corrected chi connectivity index (χ4v) is 9.85. The second-order valence-electron chi connectivity index (χ2n) is 8.93. The highest BCUT2D eigenvalue weighted by molar-refractivity contribution is 6.58. The Hall–Kier alpha value is -0.343. The van der Waals surface area contributed by atoms with Crippen molar-refractivity contribution in [3.63, 3.8) is 0 Å². The molecule has 2 heteroatoms. The average molecular weight is 302 g/mol. The highest BCUT2D eigenvalue weighted by atomic mass is 28.3. The van der Waals surface area contributed by atoms with Crippen molar-refractivity contribution in [3.05, 3.63) is 23.3 Å². The largest absolute Gasteiger partial charge is 0.301 e. The smallest absolute Gasteiger partial charge is 0.0500 e. The monoisotopic (exact) mass is 301 g/mol. The number of allylic oxidation sites excluding steroid dienone is 2. The molecule has 1 nitrogen and oxygen atoms in total. The van der Waals surface area contributed by atoms with Gasteiger partial charge in [0.1, 0.15) is 0 Å². The van der Waals surface area contributed by atoms with Gasteiger partial charge in [0.2, 0.25) is 0 Å². The zero-order chi connectivity index (χ0) is 14.8. The maximum Gasteiger partial charge on any atom is 0.0500 e. The van der Waals surface area contributed by atoms with E-state index in [0.29, 0.717) is 11.6 Å². The van der Waals surface area contributed by atoms with Crippen LogP contribution in [0, 0.1) is 17.8 Å². The summed E-state index contributed by atoms with van der Waals surface area (Å²) in [6.07, 6.45) is 12.3. The lowest BCUT2D eigenvalue weighted by Crippen LogP contribution is -2.66. The van der Waals surface area contributed by atoms with Crippen LogP contribution in [0.2, 0.25) is 18.6 Å². The van der Waals surface area contributed by atoms with Gasteiger partial charge in [-0.15, -0.1) is 0 Å². The lowest BCUT2D eigenvalue weighted by atomic mass is 9.52. The Labute approximate surface area is 131 Å². The van der Waals surface area contributed by atoms with Gasteiger partial charge in [-0.1, -0.05) is 36.4 Å². The maximum atomic E-state index is 4.25. The molecule has 3 atom stereocenters. The molecule has 1 N–H and O–H groups in total. The Morgan fingerprint density at radius 2 is 1.57 bits per heavy atom. The van der Waals surface area contributed by atoms with Crippen molar-refractivity contribution in [1.82, 2.24) is 5.32 Å². The van der Waals surface area contributed by atoms with Gasteiger partial charge in [0.25, 0.3) is 0 Å². The zero-order valence-corrected chi connectivity index (χ0v) is 15.3. The predicted octanol–water partition coefficient (Wildman–Crippen LogP) is 4.29. The lowest BCUT2D eigenvalue weighted by molar-refractivity contribution is -0.0223. The highest BCUT2D eigenvalue weighted by Gasteiger charge is 2.58. The number of hydrogen-bond acceptors (Lipinski definition) is 1. The molecule has 0 aromatic rings. The first-order chi connectivity index (χ1) is 9.98. The van der Waals surface area contributed by atoms with E-state index in [1.807, 2.05) is 0 Å². The summed E-state index contributed by atoms with van der Waals surface area (Å²) >= 11 is 0. The molecule has 3 unspecified atom stereocenters. The topological polar surface area (TPSA) is 12.0 Å². The molecule has 5 rings (SSSR count). The Balaban J connectivity index is 1.66. The molecule has 0 aromatic heterocycles. The molecule has 0 heterocycles. The molecule has 0 saturated heterocycles. The quantitative estimate of drug-likeness (QED) is 0.767. The first kappa shape index (κ1) is 14.3. The number of nitrogens with one attached hydrogen (secondary N) is 1. The van der Waals surface area contributed by atoms with Gasteiger partial charge in [-0.2, -0.15) is 0 Å². The van der Waals surface area contributed by atoms with Crippen LogP contribution in [0.15, 0.2) is 23.3 Å². The van der Waals surface area contributed by atoms with Crippen LogP contribution in [0.3, 0.4) is 0 Å². The van der Waals surface area contributed by atoms with E-state index in [0.717, 1.165) is 23.3 Å². The molecule has 4 saturated carbocycles. The minimum atomic E-state index is -0.610. The first-order valence-electron chi connectivity index (χ1n) is 9.11. The minimum absolute atomic E-state index is 0.494. The average Bonchev–Trinajstić information content (AvgIpc) is 2.68. The molecule has 0 spiro atoms.